The van der Waals surface area contributed by atoms with Crippen LogP contribution in [-0.4, -0.2) is 55.7 Å². The van der Waals surface area contributed by atoms with Crippen LogP contribution in [0.2, 0.25) is 0 Å². The summed E-state index contributed by atoms with van der Waals surface area (Å²) in [5.74, 6) is 0. The molecule has 0 bridgehead atoms. The van der Waals surface area contributed by atoms with E-state index in [0.29, 0.717) is 0 Å². The number of β-amino-alcohol motifs (C(OH)–C–C–N with tert-alkyl or cyclic N) is 1. The Morgan fingerprint density at radius 3 is 2.72 bits per heavy atom. The van der Waals surface area contributed by atoms with Crippen LogP contribution in [0, 0.1) is 0 Å². The molecule has 0 aliphatic carbocycles. The van der Waals surface area contributed by atoms with Gasteiger partial charge in [0, 0.05) is 45.0 Å². The molecule has 2 saturated heterocycles. The fourth-order valence-corrected chi connectivity index (χ4v) is 4.60. The number of aromatic nitrogens is 2. The van der Waals surface area contributed by atoms with Crippen molar-refractivity contribution in [1.82, 2.24) is 19.4 Å². The molecule has 5 heteroatoms. The van der Waals surface area contributed by atoms with Gasteiger partial charge in [0.2, 0.25) is 0 Å². The minimum Gasteiger partial charge on any atom is -0.390 e. The maximum atomic E-state index is 11.1. The second kappa shape index (κ2) is 6.90. The summed E-state index contributed by atoms with van der Waals surface area (Å²) in [4.78, 5) is 9.30. The van der Waals surface area contributed by atoms with Gasteiger partial charge in [0.1, 0.15) is 0 Å². The van der Waals surface area contributed by atoms with E-state index in [1.54, 1.807) is 0 Å². The van der Waals surface area contributed by atoms with E-state index in [0.717, 1.165) is 51.3 Å². The highest BCUT2D eigenvalue weighted by atomic mass is 16.3. The van der Waals surface area contributed by atoms with Crippen molar-refractivity contribution in [2.45, 2.75) is 44.0 Å². The molecule has 1 N–H and O–H groups in total. The second-order valence-corrected chi connectivity index (χ2v) is 7.65. The predicted molar refractivity (Wildman–Crippen MR) is 97.9 cm³/mol. The summed E-state index contributed by atoms with van der Waals surface area (Å²) in [5.41, 5.74) is 2.38. The fraction of sp³-hybridized carbons (Fsp3) is 0.550. The second-order valence-electron chi connectivity index (χ2n) is 7.65. The fourth-order valence-electron chi connectivity index (χ4n) is 4.60. The van der Waals surface area contributed by atoms with E-state index in [-0.39, 0.29) is 11.6 Å². The number of piperidine rings is 1. The smallest absolute Gasteiger partial charge is 0.0947 e. The van der Waals surface area contributed by atoms with Gasteiger partial charge in [0.15, 0.2) is 0 Å². The van der Waals surface area contributed by atoms with Crippen LogP contribution in [0.15, 0.2) is 42.9 Å². The Morgan fingerprint density at radius 1 is 1.16 bits per heavy atom. The van der Waals surface area contributed by atoms with Gasteiger partial charge < -0.3 is 9.67 Å². The van der Waals surface area contributed by atoms with E-state index in [2.05, 4.69) is 51.3 Å². The highest BCUT2D eigenvalue weighted by Crippen LogP contribution is 2.39. The van der Waals surface area contributed by atoms with Gasteiger partial charge in [-0.2, -0.15) is 0 Å². The zero-order valence-electron chi connectivity index (χ0n) is 15.0. The zero-order valence-corrected chi connectivity index (χ0v) is 15.0. The van der Waals surface area contributed by atoms with Crippen molar-refractivity contribution >= 4 is 0 Å². The minimum absolute atomic E-state index is 0.0452. The average Bonchev–Trinajstić information content (AvgIpc) is 3.19. The first-order chi connectivity index (χ1) is 12.2. The lowest BCUT2D eigenvalue weighted by Crippen LogP contribution is -2.61. The van der Waals surface area contributed by atoms with Crippen LogP contribution in [0.1, 0.15) is 30.5 Å². The zero-order chi connectivity index (χ0) is 17.3. The van der Waals surface area contributed by atoms with Crippen molar-refractivity contribution in [3.8, 4) is 0 Å². The SMILES string of the molecule is Cn1cnc(CN2CC[C@@]3(CCCN3Cc3ccccc3)[C@@H](O)C2)c1. The molecule has 1 spiro atoms. The summed E-state index contributed by atoms with van der Waals surface area (Å²) in [6.45, 7) is 4.62. The van der Waals surface area contributed by atoms with Crippen LogP contribution in [0.3, 0.4) is 0 Å². The van der Waals surface area contributed by atoms with E-state index in [9.17, 15) is 5.11 Å². The Balaban J connectivity index is 1.43. The number of rotatable bonds is 4. The van der Waals surface area contributed by atoms with Gasteiger partial charge >= 0.3 is 0 Å². The van der Waals surface area contributed by atoms with Crippen LogP contribution in [-0.2, 0) is 20.1 Å². The highest BCUT2D eigenvalue weighted by molar-refractivity contribution is 5.16. The van der Waals surface area contributed by atoms with Crippen LogP contribution in [0.5, 0.6) is 0 Å². The number of benzene rings is 1. The summed E-state index contributed by atoms with van der Waals surface area (Å²) in [5, 5.41) is 11.1. The lowest BCUT2D eigenvalue weighted by Gasteiger charge is -2.48. The molecule has 5 nitrogen and oxygen atoms in total. The summed E-state index contributed by atoms with van der Waals surface area (Å²) >= 11 is 0. The molecule has 2 fully saturated rings. The van der Waals surface area contributed by atoms with Gasteiger partial charge in [-0.05, 0) is 31.4 Å². The molecular formula is C20H28N4O. The van der Waals surface area contributed by atoms with E-state index < -0.39 is 0 Å². The van der Waals surface area contributed by atoms with Crippen molar-refractivity contribution in [3.63, 3.8) is 0 Å². The van der Waals surface area contributed by atoms with Gasteiger partial charge in [-0.1, -0.05) is 30.3 Å². The molecule has 2 atom stereocenters. The number of aliphatic hydroxyl groups excluding tert-OH is 1. The minimum atomic E-state index is -0.295. The molecule has 4 rings (SSSR count). The standard InChI is InChI=1S/C20H28N4O/c1-22-13-18(21-16-22)14-23-11-9-20(19(25)15-23)8-5-10-24(20)12-17-6-3-2-4-7-17/h2-4,6-7,13,16,19,25H,5,8-12,14-15H2,1H3/t19-,20-/m0/s1. The van der Waals surface area contributed by atoms with Gasteiger partial charge in [-0.15, -0.1) is 0 Å². The molecule has 3 heterocycles. The van der Waals surface area contributed by atoms with Gasteiger partial charge in [-0.25, -0.2) is 4.98 Å². The Hall–Kier alpha value is -1.69. The Kier molecular flexibility index (Phi) is 4.63. The third-order valence-electron chi connectivity index (χ3n) is 5.94. The van der Waals surface area contributed by atoms with Gasteiger partial charge in [-0.3, -0.25) is 9.80 Å². The molecule has 2 aromatic rings. The average molecular weight is 340 g/mol. The summed E-state index contributed by atoms with van der Waals surface area (Å²) in [6.07, 6.45) is 6.94. The molecule has 1 aromatic heterocycles. The number of imidazole rings is 1. The number of hydrogen-bond acceptors (Lipinski definition) is 4. The molecular weight excluding hydrogens is 312 g/mol. The van der Waals surface area contributed by atoms with Crippen LogP contribution in [0.4, 0.5) is 0 Å². The maximum Gasteiger partial charge on any atom is 0.0947 e. The Morgan fingerprint density at radius 2 is 2.00 bits per heavy atom. The van der Waals surface area contributed by atoms with Crippen molar-refractivity contribution < 1.29 is 5.11 Å². The number of nitrogens with zero attached hydrogens (tertiary/aromatic N) is 4. The molecule has 0 amide bonds. The third kappa shape index (κ3) is 3.36. The van der Waals surface area contributed by atoms with E-state index >= 15 is 0 Å². The van der Waals surface area contributed by atoms with E-state index in [4.69, 9.17) is 0 Å². The largest absolute Gasteiger partial charge is 0.390 e. The van der Waals surface area contributed by atoms with Gasteiger partial charge in [0.05, 0.1) is 18.1 Å². The first-order valence-electron chi connectivity index (χ1n) is 9.32. The maximum absolute atomic E-state index is 11.1. The third-order valence-corrected chi connectivity index (χ3v) is 5.94. The lowest BCUT2D eigenvalue weighted by molar-refractivity contribution is -0.0685. The quantitative estimate of drug-likeness (QED) is 0.925. The predicted octanol–water partition coefficient (Wildman–Crippen LogP) is 2.02. The van der Waals surface area contributed by atoms with Crippen molar-refractivity contribution in [3.05, 3.63) is 54.1 Å². The number of aliphatic hydroxyl groups is 1. The topological polar surface area (TPSA) is 44.5 Å². The molecule has 0 radical (unpaired) electrons. The van der Waals surface area contributed by atoms with Crippen molar-refractivity contribution in [2.75, 3.05) is 19.6 Å². The molecule has 2 aliphatic rings. The van der Waals surface area contributed by atoms with Crippen molar-refractivity contribution in [2.24, 2.45) is 7.05 Å². The van der Waals surface area contributed by atoms with Crippen LogP contribution in [0.25, 0.3) is 0 Å². The number of likely N-dealkylation sites (tertiary alicyclic amines) is 2. The molecule has 25 heavy (non-hydrogen) atoms. The Bertz CT molecular complexity index is 701. The summed E-state index contributed by atoms with van der Waals surface area (Å²) < 4.78 is 1.98. The van der Waals surface area contributed by atoms with Crippen LogP contribution < -0.4 is 0 Å². The van der Waals surface area contributed by atoms with E-state index in [1.807, 2.05) is 17.9 Å². The number of aryl methyl sites for hydroxylation is 1. The van der Waals surface area contributed by atoms with Crippen LogP contribution >= 0.6 is 0 Å². The Labute approximate surface area is 149 Å². The summed E-state index contributed by atoms with van der Waals surface area (Å²) in [6, 6.07) is 10.6. The molecule has 0 unspecified atom stereocenters. The lowest BCUT2D eigenvalue weighted by atomic mass is 9.82. The van der Waals surface area contributed by atoms with E-state index in [1.165, 1.54) is 12.0 Å². The molecule has 134 valence electrons. The van der Waals surface area contributed by atoms with Crippen molar-refractivity contribution in [1.29, 1.82) is 0 Å². The van der Waals surface area contributed by atoms with Gasteiger partial charge in [0.25, 0.3) is 0 Å². The molecule has 2 aliphatic heterocycles. The first kappa shape index (κ1) is 16.8. The highest BCUT2D eigenvalue weighted by Gasteiger charge is 2.49. The first-order valence-corrected chi connectivity index (χ1v) is 9.32. The molecule has 0 saturated carbocycles. The molecule has 1 aromatic carbocycles. The number of hydrogen-bond donors (Lipinski definition) is 1. The summed E-state index contributed by atoms with van der Waals surface area (Å²) in [7, 11) is 2.00. The monoisotopic (exact) mass is 340 g/mol. The normalized spacial score (nSPS) is 28.0.